The molecule has 0 spiro atoms. The predicted octanol–water partition coefficient (Wildman–Crippen LogP) is 3.49. The van der Waals surface area contributed by atoms with Crippen molar-refractivity contribution in [1.29, 1.82) is 5.26 Å². The lowest BCUT2D eigenvalue weighted by molar-refractivity contribution is -0.137. The number of rotatable bonds is 2. The van der Waals surface area contributed by atoms with Gasteiger partial charge in [-0.15, -0.1) is 0 Å². The van der Waals surface area contributed by atoms with E-state index in [2.05, 4.69) is 5.32 Å². The highest BCUT2D eigenvalue weighted by Crippen LogP contribution is 2.33. The Labute approximate surface area is 107 Å². The number of nitriles is 1. The first-order chi connectivity index (χ1) is 8.50. The first-order valence-corrected chi connectivity index (χ1v) is 6.62. The van der Waals surface area contributed by atoms with Gasteiger partial charge < -0.3 is 5.32 Å². The van der Waals surface area contributed by atoms with Gasteiger partial charge in [0.1, 0.15) is 0 Å². The lowest BCUT2D eigenvalue weighted by atomic mass is 10.1. The minimum Gasteiger partial charge on any atom is -0.381 e. The molecule has 1 heterocycles. The molecule has 0 saturated carbocycles. The highest BCUT2D eigenvalue weighted by molar-refractivity contribution is 7.99. The van der Waals surface area contributed by atoms with Crippen LogP contribution in [-0.2, 0) is 6.18 Å². The third-order valence-electron chi connectivity index (χ3n) is 2.75. The summed E-state index contributed by atoms with van der Waals surface area (Å²) in [6.07, 6.45) is -3.49. The Morgan fingerprint density at radius 3 is 2.72 bits per heavy atom. The van der Waals surface area contributed by atoms with Crippen molar-refractivity contribution < 1.29 is 13.2 Å². The summed E-state index contributed by atoms with van der Waals surface area (Å²) in [4.78, 5) is 0. The molecule has 1 aliphatic heterocycles. The van der Waals surface area contributed by atoms with Crippen LogP contribution in [0.15, 0.2) is 18.2 Å². The molecular weight excluding hydrogens is 261 g/mol. The molecule has 18 heavy (non-hydrogen) atoms. The highest BCUT2D eigenvalue weighted by Gasteiger charge is 2.33. The van der Waals surface area contributed by atoms with E-state index in [1.165, 1.54) is 12.1 Å². The van der Waals surface area contributed by atoms with E-state index in [-0.39, 0.29) is 11.6 Å². The van der Waals surface area contributed by atoms with Crippen LogP contribution in [0, 0.1) is 11.3 Å². The van der Waals surface area contributed by atoms with Gasteiger partial charge >= 0.3 is 6.18 Å². The molecule has 1 atom stereocenters. The first-order valence-electron chi connectivity index (χ1n) is 5.46. The lowest BCUT2D eigenvalue weighted by Crippen LogP contribution is -2.18. The van der Waals surface area contributed by atoms with Gasteiger partial charge in [-0.05, 0) is 30.4 Å². The van der Waals surface area contributed by atoms with Crippen LogP contribution >= 0.6 is 11.8 Å². The van der Waals surface area contributed by atoms with Crippen LogP contribution in [0.2, 0.25) is 0 Å². The Kier molecular flexibility index (Phi) is 3.71. The molecule has 0 radical (unpaired) electrons. The maximum atomic E-state index is 12.6. The molecule has 1 aromatic carbocycles. The number of benzene rings is 1. The summed E-state index contributed by atoms with van der Waals surface area (Å²) in [5.41, 5.74) is -0.637. The van der Waals surface area contributed by atoms with Gasteiger partial charge in [-0.2, -0.15) is 30.2 Å². The zero-order chi connectivity index (χ0) is 13.2. The third kappa shape index (κ3) is 2.91. The minimum atomic E-state index is -4.48. The molecule has 1 aliphatic rings. The van der Waals surface area contributed by atoms with Crippen LogP contribution in [0.5, 0.6) is 0 Å². The molecule has 2 nitrogen and oxygen atoms in total. The van der Waals surface area contributed by atoms with E-state index in [1.807, 2.05) is 11.8 Å². The number of nitrogens with zero attached hydrogens (tertiary/aromatic N) is 1. The number of nitrogens with one attached hydrogen (secondary N) is 1. The molecule has 0 aliphatic carbocycles. The molecule has 0 amide bonds. The molecule has 0 aromatic heterocycles. The van der Waals surface area contributed by atoms with Crippen molar-refractivity contribution in [2.75, 3.05) is 16.8 Å². The van der Waals surface area contributed by atoms with Crippen molar-refractivity contribution >= 4 is 17.4 Å². The van der Waals surface area contributed by atoms with E-state index in [0.29, 0.717) is 5.69 Å². The predicted molar refractivity (Wildman–Crippen MR) is 65.5 cm³/mol. The average Bonchev–Trinajstić information content (AvgIpc) is 2.80. The van der Waals surface area contributed by atoms with Crippen LogP contribution in [0.1, 0.15) is 17.5 Å². The highest BCUT2D eigenvalue weighted by atomic mass is 32.2. The monoisotopic (exact) mass is 272 g/mol. The maximum Gasteiger partial charge on any atom is 0.417 e. The number of hydrogen-bond acceptors (Lipinski definition) is 3. The van der Waals surface area contributed by atoms with E-state index < -0.39 is 11.7 Å². The third-order valence-corrected chi connectivity index (χ3v) is 3.91. The zero-order valence-corrected chi connectivity index (χ0v) is 10.2. The Bertz CT molecular complexity index is 473. The quantitative estimate of drug-likeness (QED) is 0.895. The Morgan fingerprint density at radius 2 is 2.17 bits per heavy atom. The average molecular weight is 272 g/mol. The summed E-state index contributed by atoms with van der Waals surface area (Å²) >= 11 is 1.81. The zero-order valence-electron chi connectivity index (χ0n) is 9.42. The smallest absolute Gasteiger partial charge is 0.381 e. The summed E-state index contributed by atoms with van der Waals surface area (Å²) in [5.74, 6) is 2.01. The van der Waals surface area contributed by atoms with E-state index in [4.69, 9.17) is 5.26 Å². The van der Waals surface area contributed by atoms with Crippen molar-refractivity contribution in [2.24, 2.45) is 0 Å². The van der Waals surface area contributed by atoms with Gasteiger partial charge in [0.15, 0.2) is 0 Å². The number of anilines is 1. The minimum absolute atomic E-state index is 0.276. The van der Waals surface area contributed by atoms with Crippen LogP contribution in [0.25, 0.3) is 0 Å². The summed E-state index contributed by atoms with van der Waals surface area (Å²) in [6.45, 7) is 0. The van der Waals surface area contributed by atoms with Crippen molar-refractivity contribution in [3.63, 3.8) is 0 Å². The van der Waals surface area contributed by atoms with Crippen molar-refractivity contribution in [3.05, 3.63) is 29.3 Å². The second kappa shape index (κ2) is 5.11. The molecule has 1 aromatic rings. The number of alkyl halides is 3. The van der Waals surface area contributed by atoms with E-state index >= 15 is 0 Å². The summed E-state index contributed by atoms with van der Waals surface area (Å²) in [7, 11) is 0. The molecule has 0 bridgehead atoms. The molecule has 1 saturated heterocycles. The fourth-order valence-corrected chi connectivity index (χ4v) is 3.01. The van der Waals surface area contributed by atoms with E-state index in [9.17, 15) is 13.2 Å². The molecule has 1 unspecified atom stereocenters. The van der Waals surface area contributed by atoms with Gasteiger partial charge in [-0.1, -0.05) is 0 Å². The topological polar surface area (TPSA) is 35.8 Å². The largest absolute Gasteiger partial charge is 0.417 e. The van der Waals surface area contributed by atoms with Crippen molar-refractivity contribution in [2.45, 2.75) is 18.6 Å². The van der Waals surface area contributed by atoms with Crippen LogP contribution in [0.4, 0.5) is 18.9 Å². The van der Waals surface area contributed by atoms with Crippen LogP contribution in [-0.4, -0.2) is 17.5 Å². The SMILES string of the molecule is N#Cc1cc(NC2CCSC2)ccc1C(F)(F)F. The number of thioether (sulfide) groups is 1. The lowest BCUT2D eigenvalue weighted by Gasteiger charge is -2.15. The fourth-order valence-electron chi connectivity index (χ4n) is 1.86. The normalized spacial score (nSPS) is 19.6. The Hall–Kier alpha value is -1.35. The molecule has 96 valence electrons. The van der Waals surface area contributed by atoms with Gasteiger partial charge in [0.05, 0.1) is 17.2 Å². The number of hydrogen-bond donors (Lipinski definition) is 1. The standard InChI is InChI=1S/C12H11F3N2S/c13-12(14,15)11-2-1-9(5-8(11)6-16)17-10-3-4-18-7-10/h1-2,5,10,17H,3-4,7H2. The summed E-state index contributed by atoms with van der Waals surface area (Å²) in [6, 6.07) is 5.49. The maximum absolute atomic E-state index is 12.6. The Morgan fingerprint density at radius 1 is 1.39 bits per heavy atom. The molecule has 2 rings (SSSR count). The van der Waals surface area contributed by atoms with Gasteiger partial charge in [0, 0.05) is 17.5 Å². The fraction of sp³-hybridized carbons (Fsp3) is 0.417. The summed E-state index contributed by atoms with van der Waals surface area (Å²) < 4.78 is 37.8. The molecule has 6 heteroatoms. The second-order valence-corrected chi connectivity index (χ2v) is 5.22. The van der Waals surface area contributed by atoms with Gasteiger partial charge in [0.2, 0.25) is 0 Å². The van der Waals surface area contributed by atoms with Crippen molar-refractivity contribution in [1.82, 2.24) is 0 Å². The molecule has 1 N–H and O–H groups in total. The first kappa shape index (κ1) is 13.1. The number of halogens is 3. The second-order valence-electron chi connectivity index (χ2n) is 4.07. The van der Waals surface area contributed by atoms with Crippen LogP contribution < -0.4 is 5.32 Å². The van der Waals surface area contributed by atoms with Gasteiger partial charge in [0.25, 0.3) is 0 Å². The summed E-state index contributed by atoms with van der Waals surface area (Å²) in [5, 5.41) is 11.9. The van der Waals surface area contributed by atoms with E-state index in [1.54, 1.807) is 6.07 Å². The van der Waals surface area contributed by atoms with E-state index in [0.717, 1.165) is 24.0 Å². The molecule has 1 fully saturated rings. The van der Waals surface area contributed by atoms with Crippen LogP contribution in [0.3, 0.4) is 0 Å². The van der Waals surface area contributed by atoms with Crippen molar-refractivity contribution in [3.8, 4) is 6.07 Å². The van der Waals surface area contributed by atoms with Gasteiger partial charge in [-0.3, -0.25) is 0 Å². The molecular formula is C12H11F3N2S. The van der Waals surface area contributed by atoms with Gasteiger partial charge in [-0.25, -0.2) is 0 Å². The Balaban J connectivity index is 2.22.